The summed E-state index contributed by atoms with van der Waals surface area (Å²) in [5, 5.41) is 0. The molecule has 0 aromatic heterocycles. The Morgan fingerprint density at radius 1 is 1.05 bits per heavy atom. The van der Waals surface area contributed by atoms with Gasteiger partial charge in [0.05, 0.1) is 0 Å². The first-order valence-electron chi connectivity index (χ1n) is 6.35. The molecule has 0 fully saturated rings. The van der Waals surface area contributed by atoms with Crippen molar-refractivity contribution in [2.24, 2.45) is 0 Å². The van der Waals surface area contributed by atoms with E-state index in [0.717, 1.165) is 28.6 Å². The van der Waals surface area contributed by atoms with Crippen LogP contribution in [0.1, 0.15) is 21.5 Å². The fourth-order valence-corrected chi connectivity index (χ4v) is 3.02. The van der Waals surface area contributed by atoms with E-state index >= 15 is 0 Å². The number of carbonyl (C=O) groups is 1. The summed E-state index contributed by atoms with van der Waals surface area (Å²) in [6.07, 6.45) is 0.950. The number of rotatable bonds is 1. The SMILES string of the molecule is O=C(c1cccc(I)c1)N1CCc2ccccc2C1. The quantitative estimate of drug-likeness (QED) is 0.711. The molecule has 0 N–H and O–H groups in total. The molecule has 2 aromatic carbocycles. The first-order valence-corrected chi connectivity index (χ1v) is 7.43. The monoisotopic (exact) mass is 363 g/mol. The van der Waals surface area contributed by atoms with Crippen molar-refractivity contribution in [1.82, 2.24) is 4.90 Å². The molecule has 2 nitrogen and oxygen atoms in total. The van der Waals surface area contributed by atoms with Gasteiger partial charge in [0.25, 0.3) is 5.91 Å². The zero-order chi connectivity index (χ0) is 13.2. The van der Waals surface area contributed by atoms with Crippen molar-refractivity contribution in [2.45, 2.75) is 13.0 Å². The van der Waals surface area contributed by atoms with Crippen molar-refractivity contribution in [3.05, 3.63) is 68.8 Å². The third kappa shape index (κ3) is 2.66. The van der Waals surface area contributed by atoms with Gasteiger partial charge in [-0.2, -0.15) is 0 Å². The molecule has 0 unspecified atom stereocenters. The van der Waals surface area contributed by atoms with Gasteiger partial charge in [-0.15, -0.1) is 0 Å². The van der Waals surface area contributed by atoms with E-state index in [1.54, 1.807) is 0 Å². The van der Waals surface area contributed by atoms with Crippen molar-refractivity contribution in [1.29, 1.82) is 0 Å². The summed E-state index contributed by atoms with van der Waals surface area (Å²) in [5.74, 6) is 0.132. The van der Waals surface area contributed by atoms with Crippen molar-refractivity contribution in [3.63, 3.8) is 0 Å². The van der Waals surface area contributed by atoms with Gasteiger partial charge in [0.1, 0.15) is 0 Å². The van der Waals surface area contributed by atoms with Crippen LogP contribution in [0.25, 0.3) is 0 Å². The predicted molar refractivity (Wildman–Crippen MR) is 84.0 cm³/mol. The van der Waals surface area contributed by atoms with Crippen LogP contribution >= 0.6 is 22.6 Å². The molecule has 96 valence electrons. The van der Waals surface area contributed by atoms with Crippen LogP contribution in [0.15, 0.2) is 48.5 Å². The molecule has 0 bridgehead atoms. The Morgan fingerprint density at radius 3 is 2.63 bits per heavy atom. The lowest BCUT2D eigenvalue weighted by Gasteiger charge is -2.29. The summed E-state index contributed by atoms with van der Waals surface area (Å²) in [6.45, 7) is 1.53. The van der Waals surface area contributed by atoms with E-state index in [-0.39, 0.29) is 5.91 Å². The summed E-state index contributed by atoms with van der Waals surface area (Å²) in [4.78, 5) is 14.4. The van der Waals surface area contributed by atoms with Crippen molar-refractivity contribution < 1.29 is 4.79 Å². The van der Waals surface area contributed by atoms with E-state index in [1.807, 2.05) is 35.2 Å². The highest BCUT2D eigenvalue weighted by molar-refractivity contribution is 14.1. The standard InChI is InChI=1S/C16H14INO/c17-15-7-3-6-13(10-15)16(19)18-9-8-12-4-1-2-5-14(12)11-18/h1-7,10H,8-9,11H2. The number of carbonyl (C=O) groups excluding carboxylic acids is 1. The van der Waals surface area contributed by atoms with Crippen LogP contribution in [0.2, 0.25) is 0 Å². The third-order valence-electron chi connectivity index (χ3n) is 3.49. The molecule has 0 spiro atoms. The maximum absolute atomic E-state index is 12.5. The zero-order valence-corrected chi connectivity index (χ0v) is 12.6. The minimum atomic E-state index is 0.132. The largest absolute Gasteiger partial charge is 0.334 e. The second kappa shape index (κ2) is 5.33. The maximum atomic E-state index is 12.5. The van der Waals surface area contributed by atoms with Gasteiger partial charge < -0.3 is 4.90 Å². The van der Waals surface area contributed by atoms with Crippen LogP contribution < -0.4 is 0 Å². The number of halogens is 1. The highest BCUT2D eigenvalue weighted by atomic mass is 127. The van der Waals surface area contributed by atoms with E-state index in [1.165, 1.54) is 11.1 Å². The van der Waals surface area contributed by atoms with E-state index in [4.69, 9.17) is 0 Å². The molecule has 0 saturated carbocycles. The lowest BCUT2D eigenvalue weighted by Crippen LogP contribution is -2.35. The van der Waals surface area contributed by atoms with Gasteiger partial charge >= 0.3 is 0 Å². The Morgan fingerprint density at radius 2 is 1.84 bits per heavy atom. The van der Waals surface area contributed by atoms with Gasteiger partial charge in [0.2, 0.25) is 0 Å². The smallest absolute Gasteiger partial charge is 0.254 e. The highest BCUT2D eigenvalue weighted by Crippen LogP contribution is 2.20. The molecular weight excluding hydrogens is 349 g/mol. The molecule has 0 aliphatic carbocycles. The Hall–Kier alpha value is -1.36. The van der Waals surface area contributed by atoms with Crippen LogP contribution in [-0.2, 0) is 13.0 Å². The normalized spacial score (nSPS) is 14.1. The summed E-state index contributed by atoms with van der Waals surface area (Å²) in [6, 6.07) is 16.2. The van der Waals surface area contributed by atoms with Gasteiger partial charge in [-0.3, -0.25) is 4.79 Å². The minimum absolute atomic E-state index is 0.132. The van der Waals surface area contributed by atoms with Gasteiger partial charge in [-0.1, -0.05) is 30.3 Å². The van der Waals surface area contributed by atoms with Crippen LogP contribution in [0.5, 0.6) is 0 Å². The number of benzene rings is 2. The fourth-order valence-electron chi connectivity index (χ4n) is 2.47. The lowest BCUT2D eigenvalue weighted by molar-refractivity contribution is 0.0734. The molecular formula is C16H14INO. The van der Waals surface area contributed by atoms with Crippen LogP contribution in [0, 0.1) is 3.57 Å². The molecule has 1 aliphatic heterocycles. The third-order valence-corrected chi connectivity index (χ3v) is 4.16. The molecule has 1 aliphatic rings. The van der Waals surface area contributed by atoms with Crippen LogP contribution in [-0.4, -0.2) is 17.4 Å². The molecule has 19 heavy (non-hydrogen) atoms. The van der Waals surface area contributed by atoms with E-state index in [0.29, 0.717) is 0 Å². The molecule has 3 heteroatoms. The Balaban J connectivity index is 1.83. The van der Waals surface area contributed by atoms with E-state index in [2.05, 4.69) is 40.8 Å². The van der Waals surface area contributed by atoms with Crippen LogP contribution in [0.4, 0.5) is 0 Å². The van der Waals surface area contributed by atoms with Crippen LogP contribution in [0.3, 0.4) is 0 Å². The first-order chi connectivity index (χ1) is 9.24. The molecule has 1 amide bonds. The van der Waals surface area contributed by atoms with E-state index in [9.17, 15) is 4.79 Å². The lowest BCUT2D eigenvalue weighted by atomic mass is 9.99. The van der Waals surface area contributed by atoms with Gasteiger partial charge in [-0.25, -0.2) is 0 Å². The Labute approximate surface area is 126 Å². The molecule has 1 heterocycles. The Bertz CT molecular complexity index is 624. The van der Waals surface area contributed by atoms with E-state index < -0.39 is 0 Å². The number of hydrogen-bond donors (Lipinski definition) is 0. The summed E-state index contributed by atoms with van der Waals surface area (Å²) in [5.41, 5.74) is 3.42. The fraction of sp³-hybridized carbons (Fsp3) is 0.188. The number of fused-ring (bicyclic) bond motifs is 1. The number of nitrogens with zero attached hydrogens (tertiary/aromatic N) is 1. The number of amides is 1. The molecule has 0 radical (unpaired) electrons. The second-order valence-corrected chi connectivity index (χ2v) is 6.00. The zero-order valence-electron chi connectivity index (χ0n) is 10.5. The van der Waals surface area contributed by atoms with Crippen molar-refractivity contribution in [2.75, 3.05) is 6.54 Å². The average Bonchev–Trinajstić information content (AvgIpc) is 2.46. The topological polar surface area (TPSA) is 20.3 Å². The summed E-state index contributed by atoms with van der Waals surface area (Å²) in [7, 11) is 0. The second-order valence-electron chi connectivity index (χ2n) is 4.76. The minimum Gasteiger partial charge on any atom is -0.334 e. The Kier molecular flexibility index (Phi) is 3.55. The average molecular weight is 363 g/mol. The first kappa shape index (κ1) is 12.7. The molecule has 3 rings (SSSR count). The molecule has 0 atom stereocenters. The molecule has 2 aromatic rings. The maximum Gasteiger partial charge on any atom is 0.254 e. The van der Waals surface area contributed by atoms with Gasteiger partial charge in [-0.05, 0) is 58.3 Å². The molecule has 0 saturated heterocycles. The van der Waals surface area contributed by atoms with Crippen molar-refractivity contribution >= 4 is 28.5 Å². The summed E-state index contributed by atoms with van der Waals surface area (Å²) < 4.78 is 1.10. The summed E-state index contributed by atoms with van der Waals surface area (Å²) >= 11 is 2.24. The number of hydrogen-bond acceptors (Lipinski definition) is 1. The van der Waals surface area contributed by atoms with Gasteiger partial charge in [0.15, 0.2) is 0 Å². The van der Waals surface area contributed by atoms with Gasteiger partial charge in [0, 0.05) is 22.2 Å². The predicted octanol–water partition coefficient (Wildman–Crippen LogP) is 3.49. The van der Waals surface area contributed by atoms with Crippen molar-refractivity contribution in [3.8, 4) is 0 Å². The highest BCUT2D eigenvalue weighted by Gasteiger charge is 2.21.